The third-order valence-corrected chi connectivity index (χ3v) is 4.99. The molecule has 0 saturated carbocycles. The summed E-state index contributed by atoms with van der Waals surface area (Å²) in [4.78, 5) is 21.8. The number of aromatic nitrogens is 4. The zero-order valence-corrected chi connectivity index (χ0v) is 16.7. The number of pyridine rings is 2. The molecular weight excluding hydrogens is 386 g/mol. The van der Waals surface area contributed by atoms with Crippen LogP contribution in [0, 0.1) is 0 Å². The van der Waals surface area contributed by atoms with Gasteiger partial charge in [-0.15, -0.1) is 0 Å². The molecule has 0 fully saturated rings. The Hall–Kier alpha value is -3.25. The van der Waals surface area contributed by atoms with Gasteiger partial charge < -0.3 is 5.32 Å². The largest absolute Gasteiger partial charge is 0.352 e. The van der Waals surface area contributed by atoms with Gasteiger partial charge in [0.15, 0.2) is 5.65 Å². The fourth-order valence-electron chi connectivity index (χ4n) is 3.14. The van der Waals surface area contributed by atoms with Crippen molar-refractivity contribution in [3.05, 3.63) is 77.2 Å². The minimum Gasteiger partial charge on any atom is -0.352 e. The lowest BCUT2D eigenvalue weighted by Gasteiger charge is -2.10. The van der Waals surface area contributed by atoms with Gasteiger partial charge in [0.2, 0.25) is 0 Å². The van der Waals surface area contributed by atoms with Crippen molar-refractivity contribution in [3.8, 4) is 11.3 Å². The van der Waals surface area contributed by atoms with Crippen molar-refractivity contribution in [2.24, 2.45) is 0 Å². The van der Waals surface area contributed by atoms with Gasteiger partial charge in [-0.25, -0.2) is 9.67 Å². The zero-order chi connectivity index (χ0) is 20.2. The van der Waals surface area contributed by atoms with Crippen LogP contribution in [-0.4, -0.2) is 32.2 Å². The van der Waals surface area contributed by atoms with Gasteiger partial charge in [-0.1, -0.05) is 36.7 Å². The summed E-state index contributed by atoms with van der Waals surface area (Å²) >= 11 is 6.32. The van der Waals surface area contributed by atoms with E-state index < -0.39 is 0 Å². The molecule has 4 rings (SSSR count). The van der Waals surface area contributed by atoms with Crippen LogP contribution >= 0.6 is 11.6 Å². The summed E-state index contributed by atoms with van der Waals surface area (Å²) in [7, 11) is 0. The van der Waals surface area contributed by atoms with Crippen molar-refractivity contribution in [1.29, 1.82) is 0 Å². The number of halogens is 1. The van der Waals surface area contributed by atoms with Crippen LogP contribution in [0.1, 0.15) is 29.3 Å². The van der Waals surface area contributed by atoms with Crippen LogP contribution in [0.5, 0.6) is 0 Å². The SMILES string of the molecule is CCCNC(=O)c1cc(-c2cccnc2)nc2c1cnn2Cc1ccccc1Cl. The normalized spacial score (nSPS) is 11.0. The molecule has 146 valence electrons. The van der Waals surface area contributed by atoms with Crippen molar-refractivity contribution < 1.29 is 4.79 Å². The molecule has 0 radical (unpaired) electrons. The Morgan fingerprint density at radius 3 is 2.79 bits per heavy atom. The molecule has 1 amide bonds. The lowest BCUT2D eigenvalue weighted by Crippen LogP contribution is -2.24. The molecule has 4 aromatic rings. The Morgan fingerprint density at radius 2 is 2.03 bits per heavy atom. The molecule has 0 saturated heterocycles. The van der Waals surface area contributed by atoms with E-state index in [1.807, 2.05) is 43.3 Å². The van der Waals surface area contributed by atoms with E-state index in [4.69, 9.17) is 16.6 Å². The van der Waals surface area contributed by atoms with E-state index in [2.05, 4.69) is 15.4 Å². The molecule has 29 heavy (non-hydrogen) atoms. The molecule has 0 spiro atoms. The van der Waals surface area contributed by atoms with Gasteiger partial charge >= 0.3 is 0 Å². The third-order valence-electron chi connectivity index (χ3n) is 4.62. The number of hydrogen-bond acceptors (Lipinski definition) is 4. The molecule has 0 unspecified atom stereocenters. The van der Waals surface area contributed by atoms with Crippen molar-refractivity contribution >= 4 is 28.5 Å². The zero-order valence-electron chi connectivity index (χ0n) is 16.0. The van der Waals surface area contributed by atoms with E-state index in [0.717, 1.165) is 17.5 Å². The second-order valence-electron chi connectivity index (χ2n) is 6.68. The summed E-state index contributed by atoms with van der Waals surface area (Å²) < 4.78 is 1.77. The highest BCUT2D eigenvalue weighted by molar-refractivity contribution is 6.31. The van der Waals surface area contributed by atoms with E-state index in [9.17, 15) is 4.79 Å². The van der Waals surface area contributed by atoms with Gasteiger partial charge in [0.1, 0.15) is 0 Å². The van der Waals surface area contributed by atoms with E-state index in [-0.39, 0.29) is 5.91 Å². The first-order valence-electron chi connectivity index (χ1n) is 9.46. The Balaban J connectivity index is 1.85. The molecule has 6 nitrogen and oxygen atoms in total. The van der Waals surface area contributed by atoms with Crippen molar-refractivity contribution in [1.82, 2.24) is 25.1 Å². The molecule has 1 aromatic carbocycles. The summed E-state index contributed by atoms with van der Waals surface area (Å²) in [5.74, 6) is -0.137. The quantitative estimate of drug-likeness (QED) is 0.518. The monoisotopic (exact) mass is 405 g/mol. The van der Waals surface area contributed by atoms with Gasteiger partial charge in [-0.3, -0.25) is 9.78 Å². The van der Waals surface area contributed by atoms with Gasteiger partial charge in [-0.2, -0.15) is 5.10 Å². The average molecular weight is 406 g/mol. The predicted octanol–water partition coefficient (Wildman–Crippen LogP) is 4.33. The molecule has 1 N–H and O–H groups in total. The van der Waals surface area contributed by atoms with Crippen LogP contribution in [0.2, 0.25) is 5.02 Å². The van der Waals surface area contributed by atoms with Crippen molar-refractivity contribution in [2.45, 2.75) is 19.9 Å². The van der Waals surface area contributed by atoms with Crippen molar-refractivity contribution in [3.63, 3.8) is 0 Å². The molecule has 0 bridgehead atoms. The van der Waals surface area contributed by atoms with E-state index >= 15 is 0 Å². The lowest BCUT2D eigenvalue weighted by molar-refractivity contribution is 0.0955. The molecular formula is C22H20ClN5O. The summed E-state index contributed by atoms with van der Waals surface area (Å²) in [5, 5.41) is 8.81. The Labute approximate surface area is 173 Å². The first-order valence-corrected chi connectivity index (χ1v) is 9.83. The number of fused-ring (bicyclic) bond motifs is 1. The molecule has 0 atom stereocenters. The summed E-state index contributed by atoms with van der Waals surface area (Å²) in [6.45, 7) is 3.09. The number of carbonyl (C=O) groups is 1. The fourth-order valence-corrected chi connectivity index (χ4v) is 3.33. The minimum atomic E-state index is -0.137. The van der Waals surface area contributed by atoms with Crippen LogP contribution < -0.4 is 5.32 Å². The predicted molar refractivity (Wildman–Crippen MR) is 114 cm³/mol. The Kier molecular flexibility index (Phi) is 5.53. The number of nitrogens with zero attached hydrogens (tertiary/aromatic N) is 4. The standard InChI is InChI=1S/C22H20ClN5O/c1-2-9-25-22(29)17-11-20(15-7-5-10-24-12-15)27-21-18(17)13-26-28(21)14-16-6-3-4-8-19(16)23/h3-8,10-13H,2,9,14H2,1H3,(H,25,29). The van der Waals surface area contributed by atoms with Crippen LogP contribution in [-0.2, 0) is 6.54 Å². The number of hydrogen-bond donors (Lipinski definition) is 1. The molecule has 7 heteroatoms. The second-order valence-corrected chi connectivity index (χ2v) is 7.09. The van der Waals surface area contributed by atoms with E-state index in [0.29, 0.717) is 40.4 Å². The Morgan fingerprint density at radius 1 is 1.17 bits per heavy atom. The van der Waals surface area contributed by atoms with Crippen LogP contribution in [0.25, 0.3) is 22.3 Å². The van der Waals surface area contributed by atoms with Gasteiger partial charge in [0.25, 0.3) is 5.91 Å². The molecule has 3 heterocycles. The number of carbonyl (C=O) groups excluding carboxylic acids is 1. The van der Waals surface area contributed by atoms with Crippen LogP contribution in [0.4, 0.5) is 0 Å². The molecule has 0 aliphatic carbocycles. The summed E-state index contributed by atoms with van der Waals surface area (Å²) in [6, 6.07) is 13.2. The van der Waals surface area contributed by atoms with Crippen molar-refractivity contribution in [2.75, 3.05) is 6.54 Å². The molecule has 3 aromatic heterocycles. The van der Waals surface area contributed by atoms with Gasteiger partial charge in [0, 0.05) is 29.5 Å². The minimum absolute atomic E-state index is 0.137. The highest BCUT2D eigenvalue weighted by Gasteiger charge is 2.18. The summed E-state index contributed by atoms with van der Waals surface area (Å²) in [6.07, 6.45) is 5.99. The smallest absolute Gasteiger partial charge is 0.252 e. The fraction of sp³-hybridized carbons (Fsp3) is 0.182. The topological polar surface area (TPSA) is 72.7 Å². The van der Waals surface area contributed by atoms with Crippen LogP contribution in [0.15, 0.2) is 61.1 Å². The first-order chi connectivity index (χ1) is 14.2. The number of nitrogens with one attached hydrogen (secondary N) is 1. The highest BCUT2D eigenvalue weighted by atomic mass is 35.5. The second kappa shape index (κ2) is 8.41. The van der Waals surface area contributed by atoms with E-state index in [1.165, 1.54) is 0 Å². The molecule has 0 aliphatic rings. The van der Waals surface area contributed by atoms with Crippen LogP contribution in [0.3, 0.4) is 0 Å². The highest BCUT2D eigenvalue weighted by Crippen LogP contribution is 2.26. The molecule has 0 aliphatic heterocycles. The average Bonchev–Trinajstić information content (AvgIpc) is 3.16. The summed E-state index contributed by atoms with van der Waals surface area (Å²) in [5.41, 5.74) is 3.63. The van der Waals surface area contributed by atoms with Gasteiger partial charge in [-0.05, 0) is 36.2 Å². The number of amides is 1. The lowest BCUT2D eigenvalue weighted by atomic mass is 10.1. The number of benzene rings is 1. The third kappa shape index (κ3) is 3.98. The number of rotatable bonds is 6. The van der Waals surface area contributed by atoms with Gasteiger partial charge in [0.05, 0.1) is 29.4 Å². The van der Waals surface area contributed by atoms with E-state index in [1.54, 1.807) is 29.3 Å². The first kappa shape index (κ1) is 19.1. The Bertz CT molecular complexity index is 1160. The maximum atomic E-state index is 12.8. The maximum Gasteiger partial charge on any atom is 0.252 e. The maximum absolute atomic E-state index is 12.8.